The van der Waals surface area contributed by atoms with Gasteiger partial charge in [0.1, 0.15) is 5.82 Å². The summed E-state index contributed by atoms with van der Waals surface area (Å²) in [6.07, 6.45) is 4.86. The van der Waals surface area contributed by atoms with Crippen LogP contribution >= 0.6 is 12.4 Å². The molecule has 23 heavy (non-hydrogen) atoms. The van der Waals surface area contributed by atoms with Gasteiger partial charge >= 0.3 is 0 Å². The minimum Gasteiger partial charge on any atom is -0.341 e. The first-order valence-electron chi connectivity index (χ1n) is 7.85. The van der Waals surface area contributed by atoms with Gasteiger partial charge in [-0.1, -0.05) is 12.8 Å². The zero-order valence-corrected chi connectivity index (χ0v) is 13.9. The number of rotatable bonds is 3. The molecule has 1 aromatic heterocycles. The molecule has 1 aliphatic heterocycles. The molecule has 0 atom stereocenters. The molecule has 2 heterocycles. The van der Waals surface area contributed by atoms with Crippen LogP contribution in [0.4, 0.5) is 10.3 Å². The Morgan fingerprint density at radius 1 is 1.00 bits per heavy atom. The van der Waals surface area contributed by atoms with Gasteiger partial charge in [0.15, 0.2) is 0 Å². The Morgan fingerprint density at radius 2 is 1.65 bits per heavy atom. The van der Waals surface area contributed by atoms with Crippen molar-refractivity contribution in [2.45, 2.75) is 32.2 Å². The van der Waals surface area contributed by atoms with Crippen LogP contribution in [0.5, 0.6) is 0 Å². The Morgan fingerprint density at radius 3 is 2.26 bits per heavy atom. The van der Waals surface area contributed by atoms with E-state index in [9.17, 15) is 4.39 Å². The van der Waals surface area contributed by atoms with E-state index in [-0.39, 0.29) is 18.2 Å². The van der Waals surface area contributed by atoms with E-state index >= 15 is 0 Å². The normalized spacial score (nSPS) is 15.0. The van der Waals surface area contributed by atoms with E-state index in [4.69, 9.17) is 5.73 Å². The molecule has 0 radical (unpaired) electrons. The second kappa shape index (κ2) is 8.22. The molecular weight excluding hydrogens is 315 g/mol. The number of anilines is 1. The molecule has 4 nitrogen and oxygen atoms in total. The molecule has 124 valence electrons. The molecule has 0 saturated carbocycles. The molecule has 2 N–H and O–H groups in total. The lowest BCUT2D eigenvalue weighted by Crippen LogP contribution is -2.26. The van der Waals surface area contributed by atoms with Crippen molar-refractivity contribution in [2.75, 3.05) is 18.0 Å². The van der Waals surface area contributed by atoms with Gasteiger partial charge in [0.25, 0.3) is 0 Å². The average Bonchev–Trinajstić information content (AvgIpc) is 2.84. The summed E-state index contributed by atoms with van der Waals surface area (Å²) in [4.78, 5) is 11.5. The topological polar surface area (TPSA) is 55.0 Å². The Bertz CT molecular complexity index is 625. The summed E-state index contributed by atoms with van der Waals surface area (Å²) in [5.74, 6) is 0.494. The van der Waals surface area contributed by atoms with Crippen molar-refractivity contribution < 1.29 is 4.39 Å². The van der Waals surface area contributed by atoms with Crippen molar-refractivity contribution in [1.29, 1.82) is 0 Å². The zero-order chi connectivity index (χ0) is 15.4. The second-order valence-corrected chi connectivity index (χ2v) is 5.66. The number of nitrogens with zero attached hydrogens (tertiary/aromatic N) is 3. The molecule has 0 unspecified atom stereocenters. The molecule has 0 aliphatic carbocycles. The summed E-state index contributed by atoms with van der Waals surface area (Å²) >= 11 is 0. The highest BCUT2D eigenvalue weighted by Crippen LogP contribution is 2.23. The van der Waals surface area contributed by atoms with Crippen molar-refractivity contribution in [2.24, 2.45) is 5.73 Å². The first-order valence-corrected chi connectivity index (χ1v) is 7.85. The summed E-state index contributed by atoms with van der Waals surface area (Å²) in [7, 11) is 0. The van der Waals surface area contributed by atoms with Gasteiger partial charge in [-0.25, -0.2) is 14.4 Å². The number of hydrogen-bond acceptors (Lipinski definition) is 4. The molecular formula is C17H22ClFN4. The third-order valence-electron chi connectivity index (χ3n) is 4.01. The van der Waals surface area contributed by atoms with Crippen molar-refractivity contribution in [3.8, 4) is 11.3 Å². The lowest BCUT2D eigenvalue weighted by Gasteiger charge is -2.21. The maximum Gasteiger partial charge on any atom is 0.226 e. The predicted molar refractivity (Wildman–Crippen MR) is 93.2 cm³/mol. The van der Waals surface area contributed by atoms with Gasteiger partial charge in [0.2, 0.25) is 5.95 Å². The van der Waals surface area contributed by atoms with Gasteiger partial charge in [-0.05, 0) is 43.2 Å². The molecule has 1 saturated heterocycles. The minimum atomic E-state index is -0.246. The van der Waals surface area contributed by atoms with E-state index in [0.29, 0.717) is 6.54 Å². The fourth-order valence-corrected chi connectivity index (χ4v) is 2.77. The average molecular weight is 337 g/mol. The third-order valence-corrected chi connectivity index (χ3v) is 4.01. The van der Waals surface area contributed by atoms with Crippen LogP contribution in [0.2, 0.25) is 0 Å². The molecule has 3 rings (SSSR count). The van der Waals surface area contributed by atoms with Crippen LogP contribution in [0, 0.1) is 5.82 Å². The van der Waals surface area contributed by atoms with E-state index in [2.05, 4.69) is 14.9 Å². The predicted octanol–water partition coefficient (Wildman–Crippen LogP) is 3.54. The summed E-state index contributed by atoms with van der Waals surface area (Å²) in [5.41, 5.74) is 8.28. The summed E-state index contributed by atoms with van der Waals surface area (Å²) in [6, 6.07) is 8.26. The molecule has 0 bridgehead atoms. The molecule has 1 aliphatic rings. The molecule has 6 heteroatoms. The molecule has 2 aromatic rings. The highest BCUT2D eigenvalue weighted by Gasteiger charge is 2.15. The number of hydrogen-bond donors (Lipinski definition) is 1. The lowest BCUT2D eigenvalue weighted by atomic mass is 10.1. The Labute approximate surface area is 142 Å². The van der Waals surface area contributed by atoms with E-state index in [1.54, 1.807) is 12.1 Å². The summed E-state index contributed by atoms with van der Waals surface area (Å²) in [5, 5.41) is 0. The van der Waals surface area contributed by atoms with E-state index in [1.807, 2.05) is 6.07 Å². The van der Waals surface area contributed by atoms with Crippen LogP contribution in [0.25, 0.3) is 11.3 Å². The van der Waals surface area contributed by atoms with Gasteiger partial charge in [-0.15, -0.1) is 12.4 Å². The largest absolute Gasteiger partial charge is 0.341 e. The Hall–Kier alpha value is -1.72. The first-order chi connectivity index (χ1) is 10.8. The van der Waals surface area contributed by atoms with Crippen LogP contribution in [0.1, 0.15) is 31.4 Å². The maximum absolute atomic E-state index is 13.1. The van der Waals surface area contributed by atoms with Crippen molar-refractivity contribution in [3.63, 3.8) is 0 Å². The molecule has 1 aromatic carbocycles. The van der Waals surface area contributed by atoms with Gasteiger partial charge in [-0.2, -0.15) is 0 Å². The highest BCUT2D eigenvalue weighted by molar-refractivity contribution is 5.85. The monoisotopic (exact) mass is 336 g/mol. The number of benzene rings is 1. The van der Waals surface area contributed by atoms with Crippen LogP contribution in [0.15, 0.2) is 30.3 Å². The van der Waals surface area contributed by atoms with Gasteiger partial charge in [0, 0.05) is 25.2 Å². The van der Waals surface area contributed by atoms with Crippen molar-refractivity contribution in [3.05, 3.63) is 41.8 Å². The van der Waals surface area contributed by atoms with Crippen molar-refractivity contribution in [1.82, 2.24) is 9.97 Å². The van der Waals surface area contributed by atoms with Crippen LogP contribution in [-0.2, 0) is 6.54 Å². The van der Waals surface area contributed by atoms with E-state index < -0.39 is 0 Å². The lowest BCUT2D eigenvalue weighted by molar-refractivity contribution is 0.628. The summed E-state index contributed by atoms with van der Waals surface area (Å²) in [6.45, 7) is 2.34. The molecule has 1 fully saturated rings. The SMILES string of the molecule is Cl.NCc1cc(-c2ccc(F)cc2)nc(N2CCCCCC2)n1. The molecule has 0 spiro atoms. The van der Waals surface area contributed by atoms with E-state index in [1.165, 1.54) is 37.8 Å². The molecule has 0 amide bonds. The highest BCUT2D eigenvalue weighted by atomic mass is 35.5. The summed E-state index contributed by atoms with van der Waals surface area (Å²) < 4.78 is 13.1. The quantitative estimate of drug-likeness (QED) is 0.931. The smallest absolute Gasteiger partial charge is 0.226 e. The van der Waals surface area contributed by atoms with E-state index in [0.717, 1.165) is 36.0 Å². The van der Waals surface area contributed by atoms with Crippen LogP contribution in [0.3, 0.4) is 0 Å². The van der Waals surface area contributed by atoms with Gasteiger partial charge < -0.3 is 10.6 Å². The standard InChI is InChI=1S/C17H21FN4.ClH/c18-14-7-5-13(6-8-14)16-11-15(12-19)20-17(21-16)22-9-3-1-2-4-10-22;/h5-8,11H,1-4,9-10,12,19H2;1H. The second-order valence-electron chi connectivity index (χ2n) is 5.66. The minimum absolute atomic E-state index is 0. The van der Waals surface area contributed by atoms with Gasteiger partial charge in [-0.3, -0.25) is 0 Å². The first kappa shape index (κ1) is 17.6. The van der Waals surface area contributed by atoms with Crippen LogP contribution < -0.4 is 10.6 Å². The van der Waals surface area contributed by atoms with Crippen LogP contribution in [-0.4, -0.2) is 23.1 Å². The number of halogens is 2. The Balaban J connectivity index is 0.00000192. The fourth-order valence-electron chi connectivity index (χ4n) is 2.77. The third kappa shape index (κ3) is 4.39. The Kier molecular flexibility index (Phi) is 6.30. The number of aromatic nitrogens is 2. The maximum atomic E-state index is 13.1. The number of nitrogens with two attached hydrogens (primary N) is 1. The fraction of sp³-hybridized carbons (Fsp3) is 0.412. The van der Waals surface area contributed by atoms with Crippen molar-refractivity contribution >= 4 is 18.4 Å². The van der Waals surface area contributed by atoms with Gasteiger partial charge in [0.05, 0.1) is 11.4 Å². The zero-order valence-electron chi connectivity index (χ0n) is 13.0.